The Bertz CT molecular complexity index is 1450. The van der Waals surface area contributed by atoms with E-state index in [1.807, 2.05) is 54.7 Å². The number of carbonyl (C=O) groups excluding carboxylic acids is 2. The van der Waals surface area contributed by atoms with Crippen LogP contribution in [0.15, 0.2) is 79.3 Å². The van der Waals surface area contributed by atoms with Gasteiger partial charge in [-0.15, -0.1) is 0 Å². The summed E-state index contributed by atoms with van der Waals surface area (Å²) in [5.74, 6) is -0.519. The van der Waals surface area contributed by atoms with Crippen molar-refractivity contribution in [1.82, 2.24) is 25.0 Å². The number of benzene rings is 2. The van der Waals surface area contributed by atoms with Crippen molar-refractivity contribution < 1.29 is 14.7 Å². The number of carbonyl (C=O) groups is 2. The Morgan fingerprint density at radius 3 is 2.54 bits per heavy atom. The van der Waals surface area contributed by atoms with Gasteiger partial charge in [0.2, 0.25) is 0 Å². The van der Waals surface area contributed by atoms with E-state index in [9.17, 15) is 14.7 Å². The summed E-state index contributed by atoms with van der Waals surface area (Å²) in [5.41, 5.74) is 9.27. The molecule has 188 valence electrons. The number of amides is 2. The molecule has 1 unspecified atom stereocenters. The van der Waals surface area contributed by atoms with Gasteiger partial charge in [-0.3, -0.25) is 14.3 Å². The normalized spacial score (nSPS) is 17.1. The van der Waals surface area contributed by atoms with Crippen LogP contribution >= 0.6 is 0 Å². The summed E-state index contributed by atoms with van der Waals surface area (Å²) in [6.07, 6.45) is 5.49. The Morgan fingerprint density at radius 2 is 1.81 bits per heavy atom. The molecular formula is C28H28N6O3. The molecule has 2 aromatic heterocycles. The second kappa shape index (κ2) is 9.87. The number of likely N-dealkylation sites (tertiary alicyclic amines) is 1. The zero-order chi connectivity index (χ0) is 26.0. The second-order valence-corrected chi connectivity index (χ2v) is 9.38. The molecule has 2 amide bonds. The quantitative estimate of drug-likeness (QED) is 0.377. The molecule has 0 radical (unpaired) electrons. The fourth-order valence-corrected chi connectivity index (χ4v) is 4.65. The lowest BCUT2D eigenvalue weighted by atomic mass is 9.98. The number of hydrogen-bond acceptors (Lipinski definition) is 6. The molecule has 9 nitrogen and oxygen atoms in total. The van der Waals surface area contributed by atoms with Gasteiger partial charge < -0.3 is 21.1 Å². The Hall–Kier alpha value is -4.50. The van der Waals surface area contributed by atoms with Crippen molar-refractivity contribution in [3.8, 4) is 22.3 Å². The number of nitrogens with two attached hydrogens (primary N) is 1. The van der Waals surface area contributed by atoms with Gasteiger partial charge >= 0.3 is 0 Å². The number of nitrogen functional groups attached to an aromatic ring is 1. The van der Waals surface area contributed by atoms with Crippen LogP contribution in [-0.2, 0) is 7.05 Å². The van der Waals surface area contributed by atoms with Gasteiger partial charge in [0.25, 0.3) is 11.8 Å². The minimum atomic E-state index is -0.986. The standard InChI is InChI=1S/C28H28N6O3/c1-33-16-23(15-31-33)22-13-24(25(29)30-14-22)26(36)32-28(18-35)10-11-34(17-28)27(37)21-9-5-8-20(12-21)19-6-3-2-4-7-19/h2-9,12-16,35H,10-11,17-18H2,1H3,(H2,29,30)(H,32,36). The van der Waals surface area contributed by atoms with Gasteiger partial charge in [0.15, 0.2) is 0 Å². The minimum absolute atomic E-state index is 0.0851. The number of aliphatic hydroxyl groups excluding tert-OH is 1. The average Bonchev–Trinajstić information content (AvgIpc) is 3.56. The summed E-state index contributed by atoms with van der Waals surface area (Å²) in [6.45, 7) is 0.264. The highest BCUT2D eigenvalue weighted by molar-refractivity contribution is 6.00. The number of rotatable bonds is 6. The predicted octanol–water partition coefficient (Wildman–Crippen LogP) is 2.74. The third-order valence-electron chi connectivity index (χ3n) is 6.74. The fraction of sp³-hybridized carbons (Fsp3) is 0.214. The lowest BCUT2D eigenvalue weighted by Crippen LogP contribution is -2.53. The van der Waals surface area contributed by atoms with Crippen molar-refractivity contribution in [2.24, 2.45) is 7.05 Å². The van der Waals surface area contributed by atoms with E-state index in [2.05, 4.69) is 15.4 Å². The lowest BCUT2D eigenvalue weighted by Gasteiger charge is -2.29. The van der Waals surface area contributed by atoms with E-state index in [4.69, 9.17) is 5.73 Å². The molecular weight excluding hydrogens is 468 g/mol. The van der Waals surface area contributed by atoms with Crippen LogP contribution in [0.5, 0.6) is 0 Å². The smallest absolute Gasteiger partial charge is 0.255 e. The van der Waals surface area contributed by atoms with Crippen molar-refractivity contribution in [3.63, 3.8) is 0 Å². The number of aliphatic hydroxyl groups is 1. The maximum Gasteiger partial charge on any atom is 0.255 e. The van der Waals surface area contributed by atoms with E-state index in [0.29, 0.717) is 24.1 Å². The molecule has 2 aromatic carbocycles. The summed E-state index contributed by atoms with van der Waals surface area (Å²) >= 11 is 0. The minimum Gasteiger partial charge on any atom is -0.394 e. The van der Waals surface area contributed by atoms with Gasteiger partial charge in [0.1, 0.15) is 5.82 Å². The molecule has 0 spiro atoms. The molecule has 3 heterocycles. The topological polar surface area (TPSA) is 126 Å². The first-order valence-electron chi connectivity index (χ1n) is 12.0. The molecule has 1 saturated heterocycles. The largest absolute Gasteiger partial charge is 0.394 e. The summed E-state index contributed by atoms with van der Waals surface area (Å²) in [7, 11) is 1.80. The van der Waals surface area contributed by atoms with Crippen molar-refractivity contribution in [2.75, 3.05) is 25.4 Å². The highest BCUT2D eigenvalue weighted by Crippen LogP contribution is 2.27. The Morgan fingerprint density at radius 1 is 1.03 bits per heavy atom. The van der Waals surface area contributed by atoms with E-state index in [1.165, 1.54) is 0 Å². The highest BCUT2D eigenvalue weighted by atomic mass is 16.3. The van der Waals surface area contributed by atoms with E-state index >= 15 is 0 Å². The molecule has 0 saturated carbocycles. The van der Waals surface area contributed by atoms with E-state index in [0.717, 1.165) is 16.7 Å². The van der Waals surface area contributed by atoms with Crippen molar-refractivity contribution in [1.29, 1.82) is 0 Å². The Labute approximate surface area is 214 Å². The number of anilines is 1. The first-order valence-corrected chi connectivity index (χ1v) is 12.0. The van der Waals surface area contributed by atoms with Crippen LogP contribution in [0.4, 0.5) is 5.82 Å². The number of aryl methyl sites for hydroxylation is 1. The van der Waals surface area contributed by atoms with Crippen LogP contribution in [0.3, 0.4) is 0 Å². The number of aromatic nitrogens is 3. The molecule has 0 bridgehead atoms. The summed E-state index contributed by atoms with van der Waals surface area (Å²) in [6, 6.07) is 19.0. The predicted molar refractivity (Wildman–Crippen MR) is 141 cm³/mol. The molecule has 1 fully saturated rings. The third kappa shape index (κ3) is 4.94. The SMILES string of the molecule is Cn1cc(-c2cnc(N)c(C(=O)NC3(CO)CCN(C(=O)c4cccc(-c5ccccc5)c4)C3)c2)cn1. The van der Waals surface area contributed by atoms with Crippen LogP contribution in [-0.4, -0.2) is 61.8 Å². The third-order valence-corrected chi connectivity index (χ3v) is 6.74. The van der Waals surface area contributed by atoms with Crippen molar-refractivity contribution >= 4 is 17.6 Å². The van der Waals surface area contributed by atoms with Crippen LogP contribution in [0.1, 0.15) is 27.1 Å². The average molecular weight is 497 g/mol. The van der Waals surface area contributed by atoms with E-state index in [-0.39, 0.29) is 30.4 Å². The molecule has 4 aromatic rings. The lowest BCUT2D eigenvalue weighted by molar-refractivity contribution is 0.0733. The van der Waals surface area contributed by atoms with Crippen LogP contribution in [0.25, 0.3) is 22.3 Å². The molecule has 9 heteroatoms. The van der Waals surface area contributed by atoms with Crippen LogP contribution in [0.2, 0.25) is 0 Å². The fourth-order valence-electron chi connectivity index (χ4n) is 4.65. The van der Waals surface area contributed by atoms with Gasteiger partial charge in [-0.05, 0) is 35.7 Å². The first kappa shape index (κ1) is 24.2. The van der Waals surface area contributed by atoms with Gasteiger partial charge in [-0.1, -0.05) is 42.5 Å². The van der Waals surface area contributed by atoms with Gasteiger partial charge in [0, 0.05) is 49.2 Å². The van der Waals surface area contributed by atoms with Gasteiger partial charge in [-0.2, -0.15) is 5.10 Å². The summed E-state index contributed by atoms with van der Waals surface area (Å²) in [4.78, 5) is 32.4. The summed E-state index contributed by atoms with van der Waals surface area (Å²) < 4.78 is 1.66. The number of nitrogens with one attached hydrogen (secondary N) is 1. The maximum absolute atomic E-state index is 13.3. The molecule has 37 heavy (non-hydrogen) atoms. The molecule has 0 aliphatic carbocycles. The molecule has 4 N–H and O–H groups in total. The number of hydrogen-bond donors (Lipinski definition) is 3. The number of nitrogens with zero attached hydrogens (tertiary/aromatic N) is 4. The Balaban J connectivity index is 1.33. The zero-order valence-electron chi connectivity index (χ0n) is 20.5. The van der Waals surface area contributed by atoms with Crippen LogP contribution in [0, 0.1) is 0 Å². The Kier molecular flexibility index (Phi) is 6.45. The molecule has 1 aliphatic heterocycles. The van der Waals surface area contributed by atoms with Crippen LogP contribution < -0.4 is 11.1 Å². The van der Waals surface area contributed by atoms with Crippen molar-refractivity contribution in [2.45, 2.75) is 12.0 Å². The molecule has 1 atom stereocenters. The highest BCUT2D eigenvalue weighted by Gasteiger charge is 2.41. The summed E-state index contributed by atoms with van der Waals surface area (Å²) in [5, 5.41) is 17.4. The maximum atomic E-state index is 13.3. The molecule has 5 rings (SSSR count). The molecule has 1 aliphatic rings. The van der Waals surface area contributed by atoms with E-state index in [1.54, 1.807) is 41.2 Å². The van der Waals surface area contributed by atoms with Gasteiger partial charge in [0.05, 0.1) is 23.9 Å². The number of pyridine rings is 1. The van der Waals surface area contributed by atoms with Gasteiger partial charge in [-0.25, -0.2) is 4.98 Å². The second-order valence-electron chi connectivity index (χ2n) is 9.38. The zero-order valence-corrected chi connectivity index (χ0v) is 20.5. The first-order chi connectivity index (χ1) is 17.9. The van der Waals surface area contributed by atoms with Crippen molar-refractivity contribution in [3.05, 3.63) is 90.4 Å². The van der Waals surface area contributed by atoms with E-state index < -0.39 is 11.4 Å². The monoisotopic (exact) mass is 496 g/mol.